The van der Waals surface area contributed by atoms with Crippen LogP contribution in [0, 0.1) is 24.0 Å². The highest BCUT2D eigenvalue weighted by Crippen LogP contribution is 2.28. The maximum atomic E-state index is 11.1. The monoisotopic (exact) mass is 296 g/mol. The Morgan fingerprint density at radius 1 is 1.23 bits per heavy atom. The number of imidazole rings is 1. The zero-order valence-corrected chi connectivity index (χ0v) is 12.4. The minimum absolute atomic E-state index is 0.0833. The summed E-state index contributed by atoms with van der Waals surface area (Å²) in [5.41, 5.74) is 4.27. The Balaban J connectivity index is 1.88. The van der Waals surface area contributed by atoms with E-state index in [1.807, 2.05) is 48.7 Å². The lowest BCUT2D eigenvalue weighted by Gasteiger charge is -2.08. The maximum absolute atomic E-state index is 11.1. The van der Waals surface area contributed by atoms with E-state index in [4.69, 9.17) is 0 Å². The molecule has 0 radical (unpaired) electrons. The summed E-state index contributed by atoms with van der Waals surface area (Å²) in [6.07, 6.45) is 1.95. The predicted molar refractivity (Wildman–Crippen MR) is 85.1 cm³/mol. The van der Waals surface area contributed by atoms with Crippen LogP contribution in [0.4, 0.5) is 11.4 Å². The fourth-order valence-corrected chi connectivity index (χ4v) is 2.50. The number of pyridine rings is 1. The van der Waals surface area contributed by atoms with Crippen molar-refractivity contribution in [2.75, 3.05) is 5.32 Å². The number of para-hydroxylation sites is 1. The van der Waals surface area contributed by atoms with Gasteiger partial charge in [0, 0.05) is 18.0 Å². The van der Waals surface area contributed by atoms with E-state index >= 15 is 0 Å². The van der Waals surface area contributed by atoms with Gasteiger partial charge >= 0.3 is 0 Å². The molecule has 0 saturated carbocycles. The molecule has 0 saturated heterocycles. The lowest BCUT2D eigenvalue weighted by atomic mass is 10.1. The van der Waals surface area contributed by atoms with Gasteiger partial charge in [-0.05, 0) is 31.5 Å². The lowest BCUT2D eigenvalue weighted by molar-refractivity contribution is -0.384. The number of hydrogen-bond donors (Lipinski definition) is 1. The molecule has 0 atom stereocenters. The Morgan fingerprint density at radius 3 is 2.73 bits per heavy atom. The number of nitrogens with zero attached hydrogens (tertiary/aromatic N) is 3. The lowest BCUT2D eigenvalue weighted by Crippen LogP contribution is -2.04. The second-order valence-electron chi connectivity index (χ2n) is 5.21. The van der Waals surface area contributed by atoms with E-state index in [-0.39, 0.29) is 10.6 Å². The Labute approximate surface area is 127 Å². The number of benzene rings is 1. The van der Waals surface area contributed by atoms with Crippen molar-refractivity contribution in [3.8, 4) is 0 Å². The normalized spacial score (nSPS) is 10.8. The minimum Gasteiger partial charge on any atom is -0.374 e. The first-order chi connectivity index (χ1) is 10.6. The van der Waals surface area contributed by atoms with Gasteiger partial charge in [-0.25, -0.2) is 4.98 Å². The third-order valence-corrected chi connectivity index (χ3v) is 3.64. The number of aryl methyl sites for hydroxylation is 2. The van der Waals surface area contributed by atoms with E-state index < -0.39 is 0 Å². The molecule has 112 valence electrons. The molecule has 1 aromatic carbocycles. The molecule has 0 aliphatic carbocycles. The molecule has 6 nitrogen and oxygen atoms in total. The molecule has 0 aliphatic rings. The molecule has 0 aliphatic heterocycles. The van der Waals surface area contributed by atoms with Crippen molar-refractivity contribution in [1.82, 2.24) is 9.38 Å². The van der Waals surface area contributed by atoms with Crippen molar-refractivity contribution in [1.29, 1.82) is 0 Å². The number of nitro groups is 1. The predicted octanol–water partition coefficient (Wildman–Crippen LogP) is 3.47. The van der Waals surface area contributed by atoms with Gasteiger partial charge in [0.05, 0.1) is 17.2 Å². The first-order valence-electron chi connectivity index (χ1n) is 6.98. The van der Waals surface area contributed by atoms with Crippen LogP contribution in [0.15, 0.2) is 42.6 Å². The molecule has 6 heteroatoms. The third kappa shape index (κ3) is 2.50. The SMILES string of the molecule is Cc1cccc([N+](=O)[O-])c1NCc1cn2c(C)cccc2n1. The Hall–Kier alpha value is -2.89. The van der Waals surface area contributed by atoms with E-state index in [0.717, 1.165) is 22.6 Å². The van der Waals surface area contributed by atoms with E-state index in [9.17, 15) is 10.1 Å². The molecular formula is C16H16N4O2. The molecule has 0 bridgehead atoms. The van der Waals surface area contributed by atoms with Gasteiger partial charge in [0.25, 0.3) is 5.69 Å². The van der Waals surface area contributed by atoms with Gasteiger partial charge in [-0.1, -0.05) is 18.2 Å². The largest absolute Gasteiger partial charge is 0.374 e. The molecular weight excluding hydrogens is 280 g/mol. The summed E-state index contributed by atoms with van der Waals surface area (Å²) in [6.45, 7) is 4.30. The number of nitro benzene ring substituents is 1. The van der Waals surface area contributed by atoms with Crippen molar-refractivity contribution >= 4 is 17.0 Å². The van der Waals surface area contributed by atoms with Crippen molar-refractivity contribution in [3.63, 3.8) is 0 Å². The van der Waals surface area contributed by atoms with E-state index in [0.29, 0.717) is 12.2 Å². The molecule has 22 heavy (non-hydrogen) atoms. The van der Waals surface area contributed by atoms with E-state index in [1.165, 1.54) is 6.07 Å². The summed E-state index contributed by atoms with van der Waals surface area (Å²) >= 11 is 0. The van der Waals surface area contributed by atoms with Gasteiger partial charge in [-0.3, -0.25) is 10.1 Å². The molecule has 3 rings (SSSR count). The Morgan fingerprint density at radius 2 is 2.00 bits per heavy atom. The van der Waals surface area contributed by atoms with Crippen LogP contribution in [-0.2, 0) is 6.54 Å². The number of hydrogen-bond acceptors (Lipinski definition) is 4. The van der Waals surface area contributed by atoms with Crippen LogP contribution in [0.1, 0.15) is 17.0 Å². The molecule has 0 amide bonds. The smallest absolute Gasteiger partial charge is 0.292 e. The molecule has 2 heterocycles. The van der Waals surface area contributed by atoms with Crippen molar-refractivity contribution < 1.29 is 4.92 Å². The molecule has 0 unspecified atom stereocenters. The van der Waals surface area contributed by atoms with Gasteiger partial charge in [0.15, 0.2) is 0 Å². The van der Waals surface area contributed by atoms with E-state index in [1.54, 1.807) is 6.07 Å². The summed E-state index contributed by atoms with van der Waals surface area (Å²) in [7, 11) is 0. The van der Waals surface area contributed by atoms with Gasteiger partial charge in [-0.15, -0.1) is 0 Å². The first kappa shape index (κ1) is 14.1. The van der Waals surface area contributed by atoms with Crippen LogP contribution in [0.25, 0.3) is 5.65 Å². The van der Waals surface area contributed by atoms with Crippen molar-refractivity contribution in [3.05, 3.63) is 69.7 Å². The van der Waals surface area contributed by atoms with E-state index in [2.05, 4.69) is 10.3 Å². The molecule has 1 N–H and O–H groups in total. The second-order valence-corrected chi connectivity index (χ2v) is 5.21. The van der Waals surface area contributed by atoms with Gasteiger partial charge in [-0.2, -0.15) is 0 Å². The topological polar surface area (TPSA) is 72.5 Å². The fraction of sp³-hybridized carbons (Fsp3) is 0.188. The van der Waals surface area contributed by atoms with Crippen LogP contribution in [0.3, 0.4) is 0 Å². The molecule has 2 aromatic heterocycles. The number of aromatic nitrogens is 2. The highest BCUT2D eigenvalue weighted by atomic mass is 16.6. The summed E-state index contributed by atoms with van der Waals surface area (Å²) < 4.78 is 2.00. The molecule has 3 aromatic rings. The minimum atomic E-state index is -0.372. The van der Waals surface area contributed by atoms with Crippen LogP contribution in [0.2, 0.25) is 0 Å². The van der Waals surface area contributed by atoms with Gasteiger partial charge in [0.1, 0.15) is 11.3 Å². The Kier molecular flexibility index (Phi) is 3.50. The van der Waals surface area contributed by atoms with Gasteiger partial charge in [0.2, 0.25) is 0 Å². The number of fused-ring (bicyclic) bond motifs is 1. The Bertz CT molecular complexity index is 854. The van der Waals surface area contributed by atoms with Crippen molar-refractivity contribution in [2.24, 2.45) is 0 Å². The van der Waals surface area contributed by atoms with Crippen LogP contribution < -0.4 is 5.32 Å². The quantitative estimate of drug-likeness (QED) is 0.591. The average molecular weight is 296 g/mol. The van der Waals surface area contributed by atoms with Gasteiger partial charge < -0.3 is 9.72 Å². The number of nitrogens with one attached hydrogen (secondary N) is 1. The summed E-state index contributed by atoms with van der Waals surface area (Å²) in [4.78, 5) is 15.3. The van der Waals surface area contributed by atoms with Crippen molar-refractivity contribution in [2.45, 2.75) is 20.4 Å². The fourth-order valence-electron chi connectivity index (χ4n) is 2.50. The highest BCUT2D eigenvalue weighted by molar-refractivity contribution is 5.66. The zero-order chi connectivity index (χ0) is 15.7. The molecule has 0 fully saturated rings. The molecule has 0 spiro atoms. The first-order valence-corrected chi connectivity index (χ1v) is 6.98. The van der Waals surface area contributed by atoms with Crippen LogP contribution in [0.5, 0.6) is 0 Å². The summed E-state index contributed by atoms with van der Waals surface area (Å²) in [6, 6.07) is 10.9. The summed E-state index contributed by atoms with van der Waals surface area (Å²) in [5.74, 6) is 0. The zero-order valence-electron chi connectivity index (χ0n) is 12.4. The van der Waals surface area contributed by atoms with Crippen LogP contribution >= 0.6 is 0 Å². The maximum Gasteiger partial charge on any atom is 0.292 e. The summed E-state index contributed by atoms with van der Waals surface area (Å²) in [5, 5.41) is 14.3. The second kappa shape index (κ2) is 5.48. The van der Waals surface area contributed by atoms with Crippen LogP contribution in [-0.4, -0.2) is 14.3 Å². The number of anilines is 1. The standard InChI is InChI=1S/C16H16N4O2/c1-11-5-3-7-14(20(21)22)16(11)17-9-13-10-19-12(2)6-4-8-15(19)18-13/h3-8,10,17H,9H2,1-2H3. The average Bonchev–Trinajstić information content (AvgIpc) is 2.90. The number of rotatable bonds is 4. The third-order valence-electron chi connectivity index (χ3n) is 3.64. The highest BCUT2D eigenvalue weighted by Gasteiger charge is 2.15.